The molecule has 0 spiro atoms. The van der Waals surface area contributed by atoms with Crippen LogP contribution in [0.15, 0.2) is 36.4 Å². The number of aromatic nitrogens is 1. The van der Waals surface area contributed by atoms with E-state index in [1.54, 1.807) is 19.1 Å². The van der Waals surface area contributed by atoms with Gasteiger partial charge in [-0.3, -0.25) is 14.9 Å². The summed E-state index contributed by atoms with van der Waals surface area (Å²) in [5.41, 5.74) is 0.832. The fourth-order valence-electron chi connectivity index (χ4n) is 2.66. The zero-order valence-corrected chi connectivity index (χ0v) is 18.6. The average Bonchev–Trinajstić information content (AvgIpc) is 2.73. The van der Waals surface area contributed by atoms with Crippen LogP contribution in [0, 0.1) is 17.0 Å². The predicted molar refractivity (Wildman–Crippen MR) is 120 cm³/mol. The molecule has 0 aliphatic heterocycles. The van der Waals surface area contributed by atoms with E-state index in [0.29, 0.717) is 21.6 Å². The van der Waals surface area contributed by atoms with E-state index in [0.717, 1.165) is 6.07 Å². The van der Waals surface area contributed by atoms with Gasteiger partial charge in [-0.15, -0.1) is 0 Å². The van der Waals surface area contributed by atoms with Crippen molar-refractivity contribution in [1.29, 1.82) is 0 Å². The molecule has 12 heteroatoms. The second-order valence-corrected chi connectivity index (χ2v) is 7.66. The summed E-state index contributed by atoms with van der Waals surface area (Å²) >= 11 is 18.3. The lowest BCUT2D eigenvalue weighted by atomic mass is 10.2. The Morgan fingerprint density at radius 1 is 1.06 bits per heavy atom. The number of benzene rings is 2. The Kier molecular flexibility index (Phi) is 7.34. The van der Waals surface area contributed by atoms with Crippen molar-refractivity contribution >= 4 is 69.0 Å². The summed E-state index contributed by atoms with van der Waals surface area (Å²) in [4.78, 5) is 38.6. The maximum atomic E-state index is 12.0. The number of esters is 1. The third-order valence-electron chi connectivity index (χ3n) is 4.11. The van der Waals surface area contributed by atoms with Gasteiger partial charge >= 0.3 is 5.97 Å². The van der Waals surface area contributed by atoms with E-state index >= 15 is 0 Å². The molecule has 166 valence electrons. The summed E-state index contributed by atoms with van der Waals surface area (Å²) in [6.07, 6.45) is 0. The van der Waals surface area contributed by atoms with Gasteiger partial charge in [0.25, 0.3) is 11.6 Å². The minimum atomic E-state index is -0.850. The number of hydrogen-bond acceptors (Lipinski definition) is 7. The third-order valence-corrected chi connectivity index (χ3v) is 5.03. The van der Waals surface area contributed by atoms with Gasteiger partial charge in [0.1, 0.15) is 5.52 Å². The number of nitro benzene ring substituents is 1. The van der Waals surface area contributed by atoms with E-state index in [4.69, 9.17) is 44.3 Å². The number of halogens is 3. The van der Waals surface area contributed by atoms with Gasteiger partial charge in [0.2, 0.25) is 0 Å². The lowest BCUT2D eigenvalue weighted by molar-refractivity contribution is -0.384. The van der Waals surface area contributed by atoms with Gasteiger partial charge in [-0.2, -0.15) is 0 Å². The van der Waals surface area contributed by atoms with Crippen LogP contribution in [0.1, 0.15) is 5.69 Å². The van der Waals surface area contributed by atoms with Crippen molar-refractivity contribution in [2.45, 2.75) is 6.92 Å². The number of fused-ring (bicyclic) bond motifs is 1. The van der Waals surface area contributed by atoms with Crippen molar-refractivity contribution in [2.75, 3.05) is 18.5 Å². The number of amides is 1. The number of aryl methyl sites for hydroxylation is 1. The number of hydrogen-bond donors (Lipinski definition) is 1. The Bertz CT molecular complexity index is 1230. The molecule has 0 saturated carbocycles. The van der Waals surface area contributed by atoms with Crippen LogP contribution in [0.2, 0.25) is 15.1 Å². The normalized spacial score (nSPS) is 10.6. The van der Waals surface area contributed by atoms with Crippen LogP contribution in [0.5, 0.6) is 5.75 Å². The van der Waals surface area contributed by atoms with Crippen LogP contribution < -0.4 is 10.1 Å². The first-order chi connectivity index (χ1) is 15.2. The highest BCUT2D eigenvalue weighted by Gasteiger charge is 2.17. The zero-order valence-electron chi connectivity index (χ0n) is 16.4. The van der Waals surface area contributed by atoms with Crippen LogP contribution in [-0.4, -0.2) is 35.0 Å². The van der Waals surface area contributed by atoms with Gasteiger partial charge < -0.3 is 14.8 Å². The summed E-state index contributed by atoms with van der Waals surface area (Å²) in [5.74, 6) is -1.44. The van der Waals surface area contributed by atoms with Crippen molar-refractivity contribution in [2.24, 2.45) is 0 Å². The monoisotopic (exact) mass is 497 g/mol. The first-order valence-corrected chi connectivity index (χ1v) is 10.1. The standard InChI is InChI=1S/C20H14Cl3N3O6/c1-10-2-4-12-14(22)7-15(23)20(19(12)24-10)32-9-18(28)31-8-17(27)25-16-6-11(26(29)30)3-5-13(16)21/h2-7H,8-9H2,1H3,(H,25,27). The molecular formula is C20H14Cl3N3O6. The fraction of sp³-hybridized carbons (Fsp3) is 0.150. The average molecular weight is 499 g/mol. The number of carbonyl (C=O) groups excluding carboxylic acids is 2. The number of nitrogens with one attached hydrogen (secondary N) is 1. The Hall–Kier alpha value is -3.14. The summed E-state index contributed by atoms with van der Waals surface area (Å²) in [5, 5.41) is 14.4. The van der Waals surface area contributed by atoms with Gasteiger partial charge in [-0.1, -0.05) is 34.8 Å². The third kappa shape index (κ3) is 5.56. The lowest BCUT2D eigenvalue weighted by Crippen LogP contribution is -2.24. The molecule has 3 rings (SSSR count). The molecule has 3 aromatic rings. The first kappa shape index (κ1) is 23.5. The van der Waals surface area contributed by atoms with Gasteiger partial charge in [0, 0.05) is 23.2 Å². The molecule has 2 aromatic carbocycles. The summed E-state index contributed by atoms with van der Waals surface area (Å²) < 4.78 is 10.4. The SMILES string of the molecule is Cc1ccc2c(Cl)cc(Cl)c(OCC(=O)OCC(=O)Nc3cc([N+](=O)[O-])ccc3Cl)c2n1. The molecule has 0 saturated heterocycles. The summed E-state index contributed by atoms with van der Waals surface area (Å²) in [6.45, 7) is 0.573. The number of anilines is 1. The van der Waals surface area contributed by atoms with Crippen molar-refractivity contribution in [1.82, 2.24) is 4.98 Å². The van der Waals surface area contributed by atoms with Crippen LogP contribution in [0.4, 0.5) is 11.4 Å². The molecule has 1 heterocycles. The second kappa shape index (κ2) is 9.99. The smallest absolute Gasteiger partial charge is 0.344 e. The van der Waals surface area contributed by atoms with E-state index in [9.17, 15) is 19.7 Å². The number of rotatable bonds is 7. The van der Waals surface area contributed by atoms with E-state index in [-0.39, 0.29) is 27.2 Å². The second-order valence-electron chi connectivity index (χ2n) is 6.44. The van der Waals surface area contributed by atoms with Crippen LogP contribution in [0.3, 0.4) is 0 Å². The predicted octanol–water partition coefficient (Wildman–Crippen LogP) is 4.97. The van der Waals surface area contributed by atoms with Crippen molar-refractivity contribution in [3.63, 3.8) is 0 Å². The van der Waals surface area contributed by atoms with Crippen LogP contribution in [-0.2, 0) is 14.3 Å². The molecule has 9 nitrogen and oxygen atoms in total. The van der Waals surface area contributed by atoms with Crippen LogP contribution >= 0.6 is 34.8 Å². The Morgan fingerprint density at radius 2 is 1.81 bits per heavy atom. The minimum absolute atomic E-state index is 0.0130. The van der Waals surface area contributed by atoms with E-state index in [1.165, 1.54) is 18.2 Å². The van der Waals surface area contributed by atoms with Crippen LogP contribution in [0.25, 0.3) is 10.9 Å². The molecule has 1 N–H and O–H groups in total. The fourth-order valence-corrected chi connectivity index (χ4v) is 3.39. The molecule has 1 aromatic heterocycles. The van der Waals surface area contributed by atoms with E-state index < -0.39 is 30.0 Å². The molecule has 1 amide bonds. The molecule has 0 atom stereocenters. The number of pyridine rings is 1. The van der Waals surface area contributed by atoms with Crippen molar-refractivity contribution in [3.05, 3.63) is 67.3 Å². The number of nitro groups is 1. The Labute approximate surface area is 196 Å². The molecule has 0 bridgehead atoms. The number of carbonyl (C=O) groups is 2. The quantitative estimate of drug-likeness (QED) is 0.277. The van der Waals surface area contributed by atoms with Crippen molar-refractivity contribution in [3.8, 4) is 5.75 Å². The molecule has 0 aliphatic carbocycles. The highest BCUT2D eigenvalue weighted by Crippen LogP contribution is 2.37. The molecule has 0 unspecified atom stereocenters. The Morgan fingerprint density at radius 3 is 2.53 bits per heavy atom. The molecular weight excluding hydrogens is 485 g/mol. The van der Waals surface area contributed by atoms with Crippen molar-refractivity contribution < 1.29 is 24.0 Å². The number of nitrogens with zero attached hydrogens (tertiary/aromatic N) is 2. The highest BCUT2D eigenvalue weighted by atomic mass is 35.5. The maximum Gasteiger partial charge on any atom is 0.344 e. The minimum Gasteiger partial charge on any atom is -0.478 e. The number of non-ortho nitro benzene ring substituents is 1. The highest BCUT2D eigenvalue weighted by molar-refractivity contribution is 6.39. The van der Waals surface area contributed by atoms with Gasteiger partial charge in [-0.25, -0.2) is 9.78 Å². The maximum absolute atomic E-state index is 12.0. The Balaban J connectivity index is 1.61. The van der Waals surface area contributed by atoms with Gasteiger partial charge in [-0.05, 0) is 31.2 Å². The summed E-state index contributed by atoms with van der Waals surface area (Å²) in [6, 6.07) is 8.55. The van der Waals surface area contributed by atoms with Gasteiger partial charge in [0.05, 0.1) is 25.7 Å². The lowest BCUT2D eigenvalue weighted by Gasteiger charge is -2.12. The topological polar surface area (TPSA) is 121 Å². The molecule has 0 aliphatic rings. The largest absolute Gasteiger partial charge is 0.478 e. The molecule has 0 fully saturated rings. The van der Waals surface area contributed by atoms with Gasteiger partial charge in [0.15, 0.2) is 19.0 Å². The summed E-state index contributed by atoms with van der Waals surface area (Å²) in [7, 11) is 0. The van der Waals surface area contributed by atoms with E-state index in [1.807, 2.05) is 0 Å². The van der Waals surface area contributed by atoms with E-state index in [2.05, 4.69) is 10.3 Å². The first-order valence-electron chi connectivity index (χ1n) is 8.93. The molecule has 32 heavy (non-hydrogen) atoms. The molecule has 0 radical (unpaired) electrons. The number of ether oxygens (including phenoxy) is 2. The zero-order chi connectivity index (χ0) is 23.4.